The van der Waals surface area contributed by atoms with Crippen LogP contribution in [0.4, 0.5) is 4.79 Å². The van der Waals surface area contributed by atoms with E-state index < -0.39 is 6.16 Å². The highest BCUT2D eigenvalue weighted by Crippen LogP contribution is 2.46. The molecule has 1 aromatic rings. The second-order valence-electron chi connectivity index (χ2n) is 6.17. The van der Waals surface area contributed by atoms with Crippen LogP contribution in [0.5, 0.6) is 0 Å². The summed E-state index contributed by atoms with van der Waals surface area (Å²) in [5.74, 6) is 0.301. The molecule has 1 N–H and O–H groups in total. The average molecular weight is 357 g/mol. The quantitative estimate of drug-likeness (QED) is 0.499. The number of nitrogens with zero attached hydrogens (tertiary/aromatic N) is 2. The molecule has 0 aromatic heterocycles. The summed E-state index contributed by atoms with van der Waals surface area (Å²) in [5.41, 5.74) is 1.11. The molecular formula is C16H18Cl2N2O3. The van der Waals surface area contributed by atoms with Gasteiger partial charge in [-0.05, 0) is 49.9 Å². The number of rotatable bonds is 3. The van der Waals surface area contributed by atoms with E-state index in [1.54, 1.807) is 12.3 Å². The lowest BCUT2D eigenvalue weighted by Gasteiger charge is -2.41. The molecule has 23 heavy (non-hydrogen) atoms. The van der Waals surface area contributed by atoms with Crippen LogP contribution in [0.2, 0.25) is 10.0 Å². The number of fused-ring (bicyclic) bond motifs is 2. The zero-order valence-electron chi connectivity index (χ0n) is 12.7. The first-order valence-electron chi connectivity index (χ1n) is 7.57. The first-order chi connectivity index (χ1) is 11.0. The second-order valence-corrected chi connectivity index (χ2v) is 6.98. The van der Waals surface area contributed by atoms with Crippen LogP contribution in [0.3, 0.4) is 0 Å². The van der Waals surface area contributed by atoms with Gasteiger partial charge >= 0.3 is 6.16 Å². The third-order valence-electron chi connectivity index (χ3n) is 5.07. The molecule has 0 saturated carbocycles. The highest BCUT2D eigenvalue weighted by Gasteiger charge is 2.45. The molecular weight excluding hydrogens is 339 g/mol. The molecule has 2 heterocycles. The maximum absolute atomic E-state index is 10.5. The fraction of sp³-hybridized carbons (Fsp3) is 0.500. The van der Waals surface area contributed by atoms with Crippen molar-refractivity contribution in [1.82, 2.24) is 4.90 Å². The first kappa shape index (κ1) is 16.6. The van der Waals surface area contributed by atoms with Crippen LogP contribution in [-0.2, 0) is 4.84 Å². The number of hydrogen-bond donors (Lipinski definition) is 1. The highest BCUT2D eigenvalue weighted by molar-refractivity contribution is 6.42. The molecule has 0 aliphatic carbocycles. The van der Waals surface area contributed by atoms with Gasteiger partial charge in [-0.1, -0.05) is 34.4 Å². The Balaban J connectivity index is 1.90. The van der Waals surface area contributed by atoms with Crippen molar-refractivity contribution in [2.45, 2.75) is 37.3 Å². The van der Waals surface area contributed by atoms with Crippen LogP contribution in [0.1, 0.15) is 30.7 Å². The lowest BCUT2D eigenvalue weighted by Crippen LogP contribution is -2.46. The number of carboxylic acid groups (broad SMARTS) is 1. The monoisotopic (exact) mass is 356 g/mol. The maximum Gasteiger partial charge on any atom is 0.532 e. The van der Waals surface area contributed by atoms with Crippen LogP contribution in [0.25, 0.3) is 0 Å². The van der Waals surface area contributed by atoms with Crippen molar-refractivity contribution < 1.29 is 14.7 Å². The van der Waals surface area contributed by atoms with Crippen LogP contribution >= 0.6 is 23.2 Å². The minimum Gasteiger partial charge on any atom is -0.448 e. The molecule has 0 spiro atoms. The molecule has 2 aliphatic rings. The van der Waals surface area contributed by atoms with E-state index in [1.807, 2.05) is 12.1 Å². The fourth-order valence-electron chi connectivity index (χ4n) is 3.96. The highest BCUT2D eigenvalue weighted by atomic mass is 35.5. The molecule has 0 amide bonds. The van der Waals surface area contributed by atoms with E-state index in [1.165, 1.54) is 0 Å². The number of halogens is 2. The number of piperidine rings is 1. The summed E-state index contributed by atoms with van der Waals surface area (Å²) < 4.78 is 0. The van der Waals surface area contributed by atoms with Gasteiger partial charge in [-0.25, -0.2) is 4.79 Å². The van der Waals surface area contributed by atoms with Gasteiger partial charge < -0.3 is 5.11 Å². The summed E-state index contributed by atoms with van der Waals surface area (Å²) in [5, 5.41) is 13.3. The zero-order valence-corrected chi connectivity index (χ0v) is 14.2. The summed E-state index contributed by atoms with van der Waals surface area (Å²) in [6.07, 6.45) is 3.42. The SMILES string of the molecule is CN1C2CCC1C(C=NOC(=O)O)C(c1ccc(Cl)c(Cl)c1)C2. The van der Waals surface area contributed by atoms with Crippen molar-refractivity contribution in [3.05, 3.63) is 33.8 Å². The third kappa shape index (κ3) is 3.32. The molecule has 3 rings (SSSR count). The van der Waals surface area contributed by atoms with Gasteiger partial charge in [-0.3, -0.25) is 9.74 Å². The van der Waals surface area contributed by atoms with Crippen molar-refractivity contribution in [1.29, 1.82) is 0 Å². The molecule has 5 nitrogen and oxygen atoms in total. The topological polar surface area (TPSA) is 62.1 Å². The molecule has 4 unspecified atom stereocenters. The van der Waals surface area contributed by atoms with Crippen LogP contribution < -0.4 is 0 Å². The van der Waals surface area contributed by atoms with E-state index in [0.29, 0.717) is 22.1 Å². The Kier molecular flexibility index (Phi) is 4.80. The van der Waals surface area contributed by atoms with Gasteiger partial charge in [-0.2, -0.15) is 0 Å². The lowest BCUT2D eigenvalue weighted by atomic mass is 9.77. The van der Waals surface area contributed by atoms with Crippen molar-refractivity contribution >= 4 is 35.6 Å². The molecule has 2 aliphatic heterocycles. The summed E-state index contributed by atoms with van der Waals surface area (Å²) in [6, 6.07) is 6.56. The Bertz CT molecular complexity index is 638. The van der Waals surface area contributed by atoms with E-state index in [4.69, 9.17) is 28.3 Å². The molecule has 2 fully saturated rings. The Morgan fingerprint density at radius 3 is 2.87 bits per heavy atom. The number of benzene rings is 1. The average Bonchev–Trinajstić information content (AvgIpc) is 2.74. The minimum atomic E-state index is -1.40. The zero-order chi connectivity index (χ0) is 16.6. The van der Waals surface area contributed by atoms with Gasteiger partial charge in [-0.15, -0.1) is 0 Å². The Morgan fingerprint density at radius 2 is 2.17 bits per heavy atom. The number of carbonyl (C=O) groups is 1. The van der Waals surface area contributed by atoms with E-state index in [9.17, 15) is 4.79 Å². The van der Waals surface area contributed by atoms with E-state index >= 15 is 0 Å². The molecule has 0 radical (unpaired) electrons. The van der Waals surface area contributed by atoms with E-state index in [2.05, 4.69) is 21.9 Å². The summed E-state index contributed by atoms with van der Waals surface area (Å²) in [7, 11) is 2.12. The Morgan fingerprint density at radius 1 is 1.39 bits per heavy atom. The maximum atomic E-state index is 10.5. The molecule has 2 bridgehead atoms. The first-order valence-corrected chi connectivity index (χ1v) is 8.33. The van der Waals surface area contributed by atoms with Crippen molar-refractivity contribution in [3.8, 4) is 0 Å². The summed E-state index contributed by atoms with van der Waals surface area (Å²) >= 11 is 12.2. The molecule has 4 atom stereocenters. The van der Waals surface area contributed by atoms with Gasteiger partial charge in [0.25, 0.3) is 0 Å². The Hall–Kier alpha value is -1.30. The predicted octanol–water partition coefficient (Wildman–Crippen LogP) is 4.24. The van der Waals surface area contributed by atoms with Crippen LogP contribution in [0, 0.1) is 5.92 Å². The second kappa shape index (κ2) is 6.67. The van der Waals surface area contributed by atoms with Crippen molar-refractivity contribution in [2.24, 2.45) is 11.1 Å². The number of hydrogen-bond acceptors (Lipinski definition) is 4. The molecule has 7 heteroatoms. The smallest absolute Gasteiger partial charge is 0.448 e. The lowest BCUT2D eigenvalue weighted by molar-refractivity contribution is 0.0923. The van der Waals surface area contributed by atoms with Crippen molar-refractivity contribution in [2.75, 3.05) is 7.05 Å². The summed E-state index contributed by atoms with van der Waals surface area (Å²) in [6.45, 7) is 0. The normalized spacial score (nSPS) is 30.7. The fourth-order valence-corrected chi connectivity index (χ4v) is 4.26. The van der Waals surface area contributed by atoms with Gasteiger partial charge in [0.15, 0.2) is 0 Å². The van der Waals surface area contributed by atoms with Gasteiger partial charge in [0.2, 0.25) is 0 Å². The standard InChI is InChI=1S/C16H18Cl2N2O3/c1-20-10-3-5-15(20)12(8-19-23-16(21)22)11(7-10)9-2-4-13(17)14(18)6-9/h2,4,6,8,10-12,15H,3,5,7H2,1H3,(H,21,22). The van der Waals surface area contributed by atoms with E-state index in [-0.39, 0.29) is 11.8 Å². The van der Waals surface area contributed by atoms with E-state index in [0.717, 1.165) is 24.8 Å². The predicted molar refractivity (Wildman–Crippen MR) is 89.5 cm³/mol. The number of oxime groups is 1. The molecule has 2 saturated heterocycles. The minimum absolute atomic E-state index is 0.0790. The largest absolute Gasteiger partial charge is 0.532 e. The molecule has 1 aromatic carbocycles. The van der Waals surface area contributed by atoms with Gasteiger partial charge in [0.1, 0.15) is 0 Å². The van der Waals surface area contributed by atoms with Crippen LogP contribution in [0.15, 0.2) is 23.4 Å². The van der Waals surface area contributed by atoms with Gasteiger partial charge in [0.05, 0.1) is 10.0 Å². The van der Waals surface area contributed by atoms with Crippen LogP contribution in [-0.4, -0.2) is 41.5 Å². The van der Waals surface area contributed by atoms with Crippen molar-refractivity contribution in [3.63, 3.8) is 0 Å². The van der Waals surface area contributed by atoms with Gasteiger partial charge in [0, 0.05) is 24.2 Å². The molecule has 124 valence electrons. The Labute approximate surface area is 144 Å². The third-order valence-corrected chi connectivity index (χ3v) is 5.80. The summed E-state index contributed by atoms with van der Waals surface area (Å²) in [4.78, 5) is 17.2.